The molecule has 1 N–H and O–H groups in total. The molecule has 8 heteroatoms. The van der Waals surface area contributed by atoms with Crippen LogP contribution >= 0.6 is 15.9 Å². The van der Waals surface area contributed by atoms with E-state index in [-0.39, 0.29) is 11.6 Å². The van der Waals surface area contributed by atoms with E-state index in [9.17, 15) is 4.79 Å². The van der Waals surface area contributed by atoms with Crippen LogP contribution in [-0.4, -0.2) is 26.2 Å². The van der Waals surface area contributed by atoms with Crippen molar-refractivity contribution in [3.63, 3.8) is 0 Å². The molecule has 0 saturated carbocycles. The van der Waals surface area contributed by atoms with Gasteiger partial charge in [0.05, 0.1) is 6.61 Å². The minimum atomic E-state index is -1.91. The van der Waals surface area contributed by atoms with Crippen LogP contribution < -0.4 is 9.74 Å². The van der Waals surface area contributed by atoms with E-state index in [1.54, 1.807) is 6.92 Å². The molecule has 6 nitrogen and oxygen atoms in total. The van der Waals surface area contributed by atoms with Gasteiger partial charge < -0.3 is 13.7 Å². The van der Waals surface area contributed by atoms with Crippen LogP contribution in [0, 0.1) is 6.92 Å². The fourth-order valence-electron chi connectivity index (χ4n) is 2.93. The molecule has 0 fully saturated rings. The number of carbonyl (C=O) groups is 1. The lowest BCUT2D eigenvalue weighted by atomic mass is 10.1. The van der Waals surface area contributed by atoms with Gasteiger partial charge in [0, 0.05) is 16.5 Å². The summed E-state index contributed by atoms with van der Waals surface area (Å²) in [5, 5.41) is 6.88. The van der Waals surface area contributed by atoms with E-state index in [1.165, 1.54) is 0 Å². The van der Waals surface area contributed by atoms with Crippen molar-refractivity contribution in [2.45, 2.75) is 52.2 Å². The van der Waals surface area contributed by atoms with E-state index in [1.807, 2.05) is 48.5 Å². The first-order chi connectivity index (χ1) is 15.5. The monoisotopic (exact) mass is 530 g/mol. The maximum atomic E-state index is 12.4. The maximum absolute atomic E-state index is 12.4. The highest BCUT2D eigenvalue weighted by Gasteiger charge is 2.38. The summed E-state index contributed by atoms with van der Waals surface area (Å²) in [4.78, 5) is 12.4. The molecule has 0 aliphatic carbocycles. The summed E-state index contributed by atoms with van der Waals surface area (Å²) in [6.45, 7) is 13.1. The van der Waals surface area contributed by atoms with Crippen molar-refractivity contribution < 1.29 is 18.5 Å². The summed E-state index contributed by atoms with van der Waals surface area (Å²) in [5.41, 5.74) is 2.95. The van der Waals surface area contributed by atoms with Crippen LogP contribution in [0.1, 0.15) is 32.0 Å². The molecule has 0 atom stereocenters. The minimum Gasteiger partial charge on any atom is -0.543 e. The van der Waals surface area contributed by atoms with Gasteiger partial charge in [-0.25, -0.2) is 4.79 Å². The van der Waals surface area contributed by atoms with Crippen LogP contribution in [0.25, 0.3) is 11.3 Å². The molecule has 0 saturated heterocycles. The van der Waals surface area contributed by atoms with Crippen molar-refractivity contribution in [1.29, 1.82) is 0 Å². The summed E-state index contributed by atoms with van der Waals surface area (Å²) in [7, 11) is -1.91. The van der Waals surface area contributed by atoms with Crippen molar-refractivity contribution in [2.75, 3.05) is 11.9 Å². The molecule has 176 valence electrons. The van der Waals surface area contributed by atoms with Crippen molar-refractivity contribution >= 4 is 36.0 Å². The Morgan fingerprint density at radius 1 is 1.15 bits per heavy atom. The molecule has 2 aromatic carbocycles. The van der Waals surface area contributed by atoms with Gasteiger partial charge in [-0.3, -0.25) is 5.32 Å². The first-order valence-electron chi connectivity index (χ1n) is 10.9. The molecule has 0 aliphatic rings. The molecule has 1 amide bonds. The minimum absolute atomic E-state index is 0.124. The second-order valence-electron chi connectivity index (χ2n) is 9.50. The van der Waals surface area contributed by atoms with E-state index in [4.69, 9.17) is 13.7 Å². The number of ether oxygens (including phenoxy) is 1. The third kappa shape index (κ3) is 6.48. The fraction of sp³-hybridized carbons (Fsp3) is 0.360. The Bertz CT molecular complexity index is 1100. The van der Waals surface area contributed by atoms with Crippen molar-refractivity contribution in [1.82, 2.24) is 5.16 Å². The standard InChI is InChI=1S/C25H31BrN2O4Si/c1-17-22(23(31-28-17)19-10-12-20(26)13-11-19)27-24(29)30-15-14-18-8-7-9-21(16-18)32-33(5,6)25(2,3)4/h7-13,16H,14-15H2,1-6H3,(H,27,29). The van der Waals surface area contributed by atoms with Crippen LogP contribution in [0.2, 0.25) is 18.1 Å². The number of nitrogens with zero attached hydrogens (tertiary/aromatic N) is 1. The summed E-state index contributed by atoms with van der Waals surface area (Å²) >= 11 is 3.41. The number of aromatic nitrogens is 1. The van der Waals surface area contributed by atoms with Crippen molar-refractivity contribution in [2.24, 2.45) is 0 Å². The number of halogens is 1. The van der Waals surface area contributed by atoms with Crippen LogP contribution in [0.15, 0.2) is 57.5 Å². The molecule has 0 radical (unpaired) electrons. The third-order valence-corrected chi connectivity index (χ3v) is 10.8. The molecule has 0 spiro atoms. The Morgan fingerprint density at radius 3 is 2.52 bits per heavy atom. The number of anilines is 1. The maximum Gasteiger partial charge on any atom is 0.411 e. The summed E-state index contributed by atoms with van der Waals surface area (Å²) in [5.74, 6) is 1.36. The van der Waals surface area contributed by atoms with E-state index >= 15 is 0 Å². The molecule has 3 aromatic rings. The fourth-order valence-corrected chi connectivity index (χ4v) is 4.21. The number of aryl methyl sites for hydroxylation is 1. The van der Waals surface area contributed by atoms with Gasteiger partial charge in [0.15, 0.2) is 5.76 Å². The number of hydrogen-bond donors (Lipinski definition) is 1. The smallest absolute Gasteiger partial charge is 0.411 e. The van der Waals surface area contributed by atoms with Gasteiger partial charge in [-0.2, -0.15) is 0 Å². The second-order valence-corrected chi connectivity index (χ2v) is 15.1. The molecule has 1 aromatic heterocycles. The van der Waals surface area contributed by atoms with Gasteiger partial charge in [-0.1, -0.05) is 54.0 Å². The molecular formula is C25H31BrN2O4Si. The Labute approximate surface area is 204 Å². The predicted octanol–water partition coefficient (Wildman–Crippen LogP) is 7.59. The van der Waals surface area contributed by atoms with E-state index in [2.05, 4.69) is 60.3 Å². The Kier molecular flexibility index (Phi) is 7.69. The Balaban J connectivity index is 1.58. The zero-order chi connectivity index (χ0) is 24.2. The van der Waals surface area contributed by atoms with E-state index in [0.29, 0.717) is 23.6 Å². The van der Waals surface area contributed by atoms with Gasteiger partial charge >= 0.3 is 6.09 Å². The number of nitrogens with one attached hydrogen (secondary N) is 1. The van der Waals surface area contributed by atoms with Gasteiger partial charge in [0.2, 0.25) is 8.32 Å². The third-order valence-electron chi connectivity index (χ3n) is 5.90. The predicted molar refractivity (Wildman–Crippen MR) is 137 cm³/mol. The van der Waals surface area contributed by atoms with Crippen LogP contribution in [0.4, 0.5) is 10.5 Å². The second kappa shape index (κ2) is 10.1. The zero-order valence-electron chi connectivity index (χ0n) is 20.0. The van der Waals surface area contributed by atoms with Crippen molar-refractivity contribution in [3.05, 3.63) is 64.3 Å². The largest absolute Gasteiger partial charge is 0.543 e. The molecule has 0 unspecified atom stereocenters. The topological polar surface area (TPSA) is 73.6 Å². The van der Waals surface area contributed by atoms with Crippen LogP contribution in [-0.2, 0) is 11.2 Å². The first-order valence-corrected chi connectivity index (χ1v) is 14.6. The Hall–Kier alpha value is -2.58. The van der Waals surface area contributed by atoms with Crippen LogP contribution in [0.3, 0.4) is 0 Å². The lowest BCUT2D eigenvalue weighted by Gasteiger charge is -2.36. The zero-order valence-corrected chi connectivity index (χ0v) is 22.6. The molecule has 0 aliphatic heterocycles. The highest BCUT2D eigenvalue weighted by molar-refractivity contribution is 9.10. The van der Waals surface area contributed by atoms with Gasteiger partial charge in [0.1, 0.15) is 17.1 Å². The highest BCUT2D eigenvalue weighted by atomic mass is 79.9. The van der Waals surface area contributed by atoms with Gasteiger partial charge in [-0.05, 0) is 67.0 Å². The quantitative estimate of drug-likeness (QED) is 0.318. The highest BCUT2D eigenvalue weighted by Crippen LogP contribution is 2.37. The number of hydrogen-bond acceptors (Lipinski definition) is 5. The molecule has 33 heavy (non-hydrogen) atoms. The number of benzene rings is 2. The number of carbonyl (C=O) groups excluding carboxylic acids is 1. The first kappa shape index (κ1) is 25.0. The molecular weight excluding hydrogens is 500 g/mol. The normalized spacial score (nSPS) is 11.8. The van der Waals surface area contributed by atoms with E-state index in [0.717, 1.165) is 21.3 Å². The summed E-state index contributed by atoms with van der Waals surface area (Å²) in [6.07, 6.45) is 0.0398. The lowest BCUT2D eigenvalue weighted by Crippen LogP contribution is -2.43. The average molecular weight is 532 g/mol. The number of rotatable bonds is 7. The van der Waals surface area contributed by atoms with Crippen molar-refractivity contribution in [3.8, 4) is 17.1 Å². The van der Waals surface area contributed by atoms with Crippen LogP contribution in [0.5, 0.6) is 5.75 Å². The molecule has 0 bridgehead atoms. The SMILES string of the molecule is Cc1noc(-c2ccc(Br)cc2)c1NC(=O)OCCc1cccc(O[Si](C)(C)C(C)(C)C)c1. The average Bonchev–Trinajstić information content (AvgIpc) is 3.08. The molecule has 3 rings (SSSR count). The summed E-state index contributed by atoms with van der Waals surface area (Å²) in [6, 6.07) is 15.6. The number of amides is 1. The van der Waals surface area contributed by atoms with Gasteiger partial charge in [-0.15, -0.1) is 0 Å². The van der Waals surface area contributed by atoms with E-state index < -0.39 is 14.4 Å². The lowest BCUT2D eigenvalue weighted by molar-refractivity contribution is 0.163. The Morgan fingerprint density at radius 2 is 1.85 bits per heavy atom. The van der Waals surface area contributed by atoms with Gasteiger partial charge in [0.25, 0.3) is 0 Å². The summed E-state index contributed by atoms with van der Waals surface area (Å²) < 4.78 is 18.2. The molecule has 1 heterocycles.